The monoisotopic (exact) mass is 240 g/mol. The molecule has 0 aromatic carbocycles. The van der Waals surface area contributed by atoms with Crippen LogP contribution in [0.25, 0.3) is 0 Å². The third-order valence-electron chi connectivity index (χ3n) is 4.52. The van der Waals surface area contributed by atoms with E-state index in [1.807, 2.05) is 0 Å². The van der Waals surface area contributed by atoms with Crippen LogP contribution in [0.3, 0.4) is 0 Å². The highest BCUT2D eigenvalue weighted by atomic mass is 16.3. The topological polar surface area (TPSA) is 26.7 Å². The molecule has 1 saturated heterocycles. The molecule has 2 rings (SSSR count). The summed E-state index contributed by atoms with van der Waals surface area (Å²) < 4.78 is 0. The van der Waals surface area contributed by atoms with E-state index in [-0.39, 0.29) is 6.10 Å². The number of aliphatic hydroxyl groups excluding tert-OH is 1. The van der Waals surface area contributed by atoms with Gasteiger partial charge in [0.25, 0.3) is 0 Å². The molecule has 2 aliphatic rings. The second-order valence-electron chi connectivity index (χ2n) is 5.60. The Morgan fingerprint density at radius 1 is 0.941 bits per heavy atom. The zero-order chi connectivity index (χ0) is 12.1. The highest BCUT2D eigenvalue weighted by molar-refractivity contribution is 4.84. The zero-order valence-corrected chi connectivity index (χ0v) is 11.3. The first-order valence-corrected chi connectivity index (χ1v) is 7.45. The quantitative estimate of drug-likeness (QED) is 0.796. The van der Waals surface area contributed by atoms with Crippen LogP contribution in [0.4, 0.5) is 0 Å². The summed E-state index contributed by atoms with van der Waals surface area (Å²) in [6.07, 6.45) is 7.32. The van der Waals surface area contributed by atoms with Crippen molar-refractivity contribution in [3.05, 3.63) is 0 Å². The Morgan fingerprint density at radius 2 is 1.59 bits per heavy atom. The lowest BCUT2D eigenvalue weighted by atomic mass is 9.93. The molecule has 2 atom stereocenters. The largest absolute Gasteiger partial charge is 0.391 e. The van der Waals surface area contributed by atoms with E-state index in [2.05, 4.69) is 16.7 Å². The van der Waals surface area contributed by atoms with Crippen molar-refractivity contribution >= 4 is 0 Å². The minimum Gasteiger partial charge on any atom is -0.391 e. The summed E-state index contributed by atoms with van der Waals surface area (Å²) >= 11 is 0. The molecule has 0 radical (unpaired) electrons. The number of piperazine rings is 1. The van der Waals surface area contributed by atoms with Crippen molar-refractivity contribution in [3.63, 3.8) is 0 Å². The Hall–Kier alpha value is -0.120. The maximum Gasteiger partial charge on any atom is 0.0695 e. The average Bonchev–Trinajstić information content (AvgIpc) is 2.35. The molecule has 1 N–H and O–H groups in total. The maximum atomic E-state index is 10.3. The summed E-state index contributed by atoms with van der Waals surface area (Å²) in [4.78, 5) is 5.05. The molecule has 0 spiro atoms. The number of likely N-dealkylation sites (N-methyl/N-ethyl adjacent to an activating group) is 1. The van der Waals surface area contributed by atoms with Crippen LogP contribution in [0, 0.1) is 0 Å². The third-order valence-corrected chi connectivity index (χ3v) is 4.52. The number of hydrogen-bond acceptors (Lipinski definition) is 3. The van der Waals surface area contributed by atoms with Crippen molar-refractivity contribution in [2.75, 3.05) is 32.7 Å². The first-order chi connectivity index (χ1) is 8.31. The molecule has 0 aromatic heterocycles. The second-order valence-corrected chi connectivity index (χ2v) is 5.60. The average molecular weight is 240 g/mol. The van der Waals surface area contributed by atoms with E-state index in [0.29, 0.717) is 6.04 Å². The highest BCUT2D eigenvalue weighted by Gasteiger charge is 2.28. The molecular weight excluding hydrogens is 212 g/mol. The van der Waals surface area contributed by atoms with Crippen LogP contribution in [0.2, 0.25) is 0 Å². The Balaban J connectivity index is 1.86. The first kappa shape index (κ1) is 13.3. The van der Waals surface area contributed by atoms with Crippen molar-refractivity contribution in [2.24, 2.45) is 0 Å². The van der Waals surface area contributed by atoms with Crippen LogP contribution in [-0.2, 0) is 0 Å². The first-order valence-electron chi connectivity index (χ1n) is 7.45. The van der Waals surface area contributed by atoms with E-state index in [0.717, 1.165) is 19.5 Å². The molecule has 0 amide bonds. The van der Waals surface area contributed by atoms with Gasteiger partial charge in [0.15, 0.2) is 0 Å². The SMILES string of the molecule is CCN1CCN(C2CCCCCCC2O)CC1. The van der Waals surface area contributed by atoms with Crippen LogP contribution < -0.4 is 0 Å². The molecule has 3 heteroatoms. The van der Waals surface area contributed by atoms with Gasteiger partial charge < -0.3 is 10.0 Å². The summed E-state index contributed by atoms with van der Waals surface area (Å²) in [5.74, 6) is 0. The minimum absolute atomic E-state index is 0.0801. The van der Waals surface area contributed by atoms with E-state index in [1.54, 1.807) is 0 Å². The Labute approximate surface area is 106 Å². The molecule has 0 aromatic rings. The van der Waals surface area contributed by atoms with Crippen molar-refractivity contribution in [1.82, 2.24) is 9.80 Å². The van der Waals surface area contributed by atoms with Crippen molar-refractivity contribution in [3.8, 4) is 0 Å². The van der Waals surface area contributed by atoms with Crippen LogP contribution in [0.1, 0.15) is 45.4 Å². The van der Waals surface area contributed by atoms with Gasteiger partial charge in [0, 0.05) is 32.2 Å². The van der Waals surface area contributed by atoms with Crippen molar-refractivity contribution in [1.29, 1.82) is 0 Å². The number of nitrogens with zero attached hydrogens (tertiary/aromatic N) is 2. The molecule has 2 unspecified atom stereocenters. The highest BCUT2D eigenvalue weighted by Crippen LogP contribution is 2.22. The second kappa shape index (κ2) is 6.72. The zero-order valence-electron chi connectivity index (χ0n) is 11.3. The van der Waals surface area contributed by atoms with Crippen LogP contribution in [0.5, 0.6) is 0 Å². The molecule has 17 heavy (non-hydrogen) atoms. The van der Waals surface area contributed by atoms with E-state index in [1.165, 1.54) is 51.7 Å². The fourth-order valence-electron chi connectivity index (χ4n) is 3.28. The Morgan fingerprint density at radius 3 is 2.24 bits per heavy atom. The van der Waals surface area contributed by atoms with E-state index < -0.39 is 0 Å². The molecule has 1 aliphatic carbocycles. The third kappa shape index (κ3) is 3.67. The lowest BCUT2D eigenvalue weighted by Crippen LogP contribution is -2.53. The summed E-state index contributed by atoms with van der Waals surface area (Å²) in [7, 11) is 0. The smallest absolute Gasteiger partial charge is 0.0695 e. The number of aliphatic hydroxyl groups is 1. The van der Waals surface area contributed by atoms with Gasteiger partial charge in [-0.1, -0.05) is 32.6 Å². The fraction of sp³-hybridized carbons (Fsp3) is 1.00. The van der Waals surface area contributed by atoms with E-state index in [4.69, 9.17) is 0 Å². The molecule has 1 heterocycles. The maximum absolute atomic E-state index is 10.3. The van der Waals surface area contributed by atoms with Gasteiger partial charge in [0.2, 0.25) is 0 Å². The van der Waals surface area contributed by atoms with Gasteiger partial charge in [-0.25, -0.2) is 0 Å². The molecule has 1 saturated carbocycles. The standard InChI is InChI=1S/C14H28N2O/c1-2-15-9-11-16(12-10-15)13-7-5-3-4-6-8-14(13)17/h13-14,17H,2-12H2,1H3. The lowest BCUT2D eigenvalue weighted by Gasteiger charge is -2.41. The number of rotatable bonds is 2. The fourth-order valence-corrected chi connectivity index (χ4v) is 3.28. The van der Waals surface area contributed by atoms with E-state index >= 15 is 0 Å². The van der Waals surface area contributed by atoms with E-state index in [9.17, 15) is 5.11 Å². The van der Waals surface area contributed by atoms with Gasteiger partial charge in [0.1, 0.15) is 0 Å². The van der Waals surface area contributed by atoms with Gasteiger partial charge in [-0.3, -0.25) is 4.90 Å². The molecule has 2 fully saturated rings. The van der Waals surface area contributed by atoms with Crippen LogP contribution >= 0.6 is 0 Å². The predicted octanol–water partition coefficient (Wildman–Crippen LogP) is 1.71. The molecular formula is C14H28N2O. The molecule has 3 nitrogen and oxygen atoms in total. The summed E-state index contributed by atoms with van der Waals surface area (Å²) in [6, 6.07) is 0.439. The van der Waals surface area contributed by atoms with Gasteiger partial charge >= 0.3 is 0 Å². The van der Waals surface area contributed by atoms with Crippen LogP contribution in [-0.4, -0.2) is 59.8 Å². The Bertz CT molecular complexity index is 214. The predicted molar refractivity (Wildman–Crippen MR) is 71.2 cm³/mol. The molecule has 100 valence electrons. The lowest BCUT2D eigenvalue weighted by molar-refractivity contribution is 0.00659. The minimum atomic E-state index is -0.0801. The number of hydrogen-bond donors (Lipinski definition) is 1. The normalized spacial score (nSPS) is 34.2. The Kier molecular flexibility index (Phi) is 5.26. The van der Waals surface area contributed by atoms with Crippen molar-refractivity contribution in [2.45, 2.75) is 57.6 Å². The van der Waals surface area contributed by atoms with Gasteiger partial charge in [0.05, 0.1) is 6.10 Å². The summed E-state index contributed by atoms with van der Waals surface area (Å²) in [5.41, 5.74) is 0. The molecule has 0 bridgehead atoms. The van der Waals surface area contributed by atoms with Crippen molar-refractivity contribution < 1.29 is 5.11 Å². The van der Waals surface area contributed by atoms with Crippen LogP contribution in [0.15, 0.2) is 0 Å². The molecule has 1 aliphatic heterocycles. The van der Waals surface area contributed by atoms with Gasteiger partial charge in [-0.15, -0.1) is 0 Å². The summed E-state index contributed by atoms with van der Waals surface area (Å²) in [6.45, 7) is 8.06. The van der Waals surface area contributed by atoms with Gasteiger partial charge in [-0.05, 0) is 19.4 Å². The van der Waals surface area contributed by atoms with Gasteiger partial charge in [-0.2, -0.15) is 0 Å². The summed E-state index contributed by atoms with van der Waals surface area (Å²) in [5, 5.41) is 10.3.